The molecule has 0 bridgehead atoms. The van der Waals surface area contributed by atoms with Gasteiger partial charge in [0.2, 0.25) is 6.79 Å². The third-order valence-electron chi connectivity index (χ3n) is 4.63. The molecule has 7 heteroatoms. The Morgan fingerprint density at radius 1 is 1.00 bits per heavy atom. The summed E-state index contributed by atoms with van der Waals surface area (Å²) in [5, 5.41) is 4.03. The molecule has 0 amide bonds. The molecule has 2 aromatic rings. The Bertz CT molecular complexity index is 789. The van der Waals surface area contributed by atoms with Crippen LogP contribution in [0.5, 0.6) is 17.2 Å². The lowest BCUT2D eigenvalue weighted by atomic mass is 10.2. The van der Waals surface area contributed by atoms with Crippen LogP contribution in [0.2, 0.25) is 0 Å². The molecule has 6 nitrogen and oxygen atoms in total. The minimum atomic E-state index is 0.274. The molecule has 26 heavy (non-hydrogen) atoms. The van der Waals surface area contributed by atoms with Crippen molar-refractivity contribution in [1.82, 2.24) is 4.90 Å². The van der Waals surface area contributed by atoms with Gasteiger partial charge in [0.05, 0.1) is 7.11 Å². The van der Waals surface area contributed by atoms with Gasteiger partial charge in [-0.1, -0.05) is 0 Å². The van der Waals surface area contributed by atoms with Gasteiger partial charge < -0.3 is 29.3 Å². The first-order chi connectivity index (χ1) is 12.7. The Morgan fingerprint density at radius 3 is 2.46 bits per heavy atom. The number of ether oxygens (including phenoxy) is 3. The zero-order valence-corrected chi connectivity index (χ0v) is 15.4. The van der Waals surface area contributed by atoms with Gasteiger partial charge in [0.25, 0.3) is 0 Å². The van der Waals surface area contributed by atoms with Crippen molar-refractivity contribution in [2.75, 3.05) is 50.3 Å². The maximum atomic E-state index is 5.58. The maximum absolute atomic E-state index is 5.58. The van der Waals surface area contributed by atoms with Crippen molar-refractivity contribution in [1.29, 1.82) is 0 Å². The first kappa shape index (κ1) is 16.8. The van der Waals surface area contributed by atoms with E-state index in [1.54, 1.807) is 7.11 Å². The summed E-state index contributed by atoms with van der Waals surface area (Å²) in [5.74, 6) is 2.40. The monoisotopic (exact) mass is 371 g/mol. The Labute approximate surface area is 158 Å². The van der Waals surface area contributed by atoms with E-state index in [4.69, 9.17) is 26.4 Å². The zero-order chi connectivity index (χ0) is 17.9. The van der Waals surface area contributed by atoms with Crippen molar-refractivity contribution in [2.45, 2.75) is 0 Å². The fourth-order valence-corrected chi connectivity index (χ4v) is 3.44. The summed E-state index contributed by atoms with van der Waals surface area (Å²) in [7, 11) is 1.68. The fourth-order valence-electron chi connectivity index (χ4n) is 3.14. The van der Waals surface area contributed by atoms with Gasteiger partial charge in [0, 0.05) is 43.6 Å². The van der Waals surface area contributed by atoms with Crippen LogP contribution in [-0.2, 0) is 0 Å². The number of anilines is 2. The van der Waals surface area contributed by atoms with E-state index in [9.17, 15) is 0 Å². The number of hydrogen-bond donors (Lipinski definition) is 1. The van der Waals surface area contributed by atoms with Crippen LogP contribution >= 0.6 is 12.2 Å². The second-order valence-corrected chi connectivity index (χ2v) is 6.56. The van der Waals surface area contributed by atoms with Crippen molar-refractivity contribution in [2.24, 2.45) is 0 Å². The maximum Gasteiger partial charge on any atom is 0.231 e. The zero-order valence-electron chi connectivity index (χ0n) is 14.6. The lowest BCUT2D eigenvalue weighted by molar-refractivity contribution is 0.174. The standard InChI is InChI=1S/C19H21N3O3S/c1-23-16-5-3-15(4-6-16)21-8-10-22(11-9-21)19(26)20-14-2-7-17-18(12-14)25-13-24-17/h2-7,12H,8-11,13H2,1H3,(H,20,26). The number of nitrogens with zero attached hydrogens (tertiary/aromatic N) is 2. The topological polar surface area (TPSA) is 46.2 Å². The molecule has 0 aliphatic carbocycles. The summed E-state index contributed by atoms with van der Waals surface area (Å²) in [4.78, 5) is 4.55. The van der Waals surface area contributed by atoms with Gasteiger partial charge in [0.15, 0.2) is 16.6 Å². The van der Waals surface area contributed by atoms with Crippen molar-refractivity contribution in [3.8, 4) is 17.2 Å². The van der Waals surface area contributed by atoms with Crippen LogP contribution in [0.3, 0.4) is 0 Å². The number of rotatable bonds is 3. The van der Waals surface area contributed by atoms with Crippen LogP contribution in [0.25, 0.3) is 0 Å². The first-order valence-electron chi connectivity index (χ1n) is 8.57. The number of nitrogens with one attached hydrogen (secondary N) is 1. The summed E-state index contributed by atoms with van der Waals surface area (Å²) >= 11 is 5.58. The normalized spacial score (nSPS) is 15.7. The Kier molecular flexibility index (Phi) is 4.71. The molecule has 0 aromatic heterocycles. The van der Waals surface area contributed by atoms with Crippen molar-refractivity contribution in [3.63, 3.8) is 0 Å². The number of methoxy groups -OCH3 is 1. The average Bonchev–Trinajstić information content (AvgIpc) is 3.16. The lowest BCUT2D eigenvalue weighted by Crippen LogP contribution is -2.50. The summed E-state index contributed by atoms with van der Waals surface area (Å²) in [6.45, 7) is 3.88. The molecule has 2 aromatic carbocycles. The van der Waals surface area contributed by atoms with E-state index in [1.807, 2.05) is 30.3 Å². The molecule has 0 spiro atoms. The van der Waals surface area contributed by atoms with Crippen molar-refractivity contribution < 1.29 is 14.2 Å². The van der Waals surface area contributed by atoms with E-state index >= 15 is 0 Å². The summed E-state index contributed by atoms with van der Waals surface area (Å²) in [6.07, 6.45) is 0. The van der Waals surface area contributed by atoms with Crippen LogP contribution in [-0.4, -0.2) is 50.1 Å². The highest BCUT2D eigenvalue weighted by Gasteiger charge is 2.20. The second kappa shape index (κ2) is 7.29. The van der Waals surface area contributed by atoms with Crippen LogP contribution in [0.1, 0.15) is 0 Å². The number of hydrogen-bond acceptors (Lipinski definition) is 5. The van der Waals surface area contributed by atoms with E-state index in [2.05, 4.69) is 27.2 Å². The van der Waals surface area contributed by atoms with Crippen LogP contribution in [0.4, 0.5) is 11.4 Å². The van der Waals surface area contributed by atoms with E-state index < -0.39 is 0 Å². The summed E-state index contributed by atoms with van der Waals surface area (Å²) in [6, 6.07) is 13.9. The quantitative estimate of drug-likeness (QED) is 0.833. The molecule has 1 saturated heterocycles. The number of thiocarbonyl (C=S) groups is 1. The van der Waals surface area contributed by atoms with Crippen LogP contribution in [0.15, 0.2) is 42.5 Å². The van der Waals surface area contributed by atoms with Gasteiger partial charge in [-0.05, 0) is 48.6 Å². The summed E-state index contributed by atoms with van der Waals surface area (Å²) < 4.78 is 16.0. The molecule has 0 radical (unpaired) electrons. The second-order valence-electron chi connectivity index (χ2n) is 6.17. The highest BCUT2D eigenvalue weighted by Crippen LogP contribution is 2.34. The number of piperazine rings is 1. The van der Waals surface area contributed by atoms with Crippen molar-refractivity contribution in [3.05, 3.63) is 42.5 Å². The molecule has 0 unspecified atom stereocenters. The minimum absolute atomic E-state index is 0.274. The Hall–Kier alpha value is -2.67. The largest absolute Gasteiger partial charge is 0.497 e. The highest BCUT2D eigenvalue weighted by atomic mass is 32.1. The molecule has 136 valence electrons. The molecule has 2 aliphatic heterocycles. The molecule has 0 atom stereocenters. The van der Waals surface area contributed by atoms with Gasteiger partial charge in [-0.15, -0.1) is 0 Å². The molecule has 0 saturated carbocycles. The van der Waals surface area contributed by atoms with Gasteiger partial charge in [-0.3, -0.25) is 0 Å². The minimum Gasteiger partial charge on any atom is -0.497 e. The molecule has 2 heterocycles. The Morgan fingerprint density at radius 2 is 1.73 bits per heavy atom. The molecule has 4 rings (SSSR count). The van der Waals surface area contributed by atoms with Gasteiger partial charge in [-0.2, -0.15) is 0 Å². The molecular formula is C19H21N3O3S. The third kappa shape index (κ3) is 3.48. The van der Waals surface area contributed by atoms with Gasteiger partial charge >= 0.3 is 0 Å². The highest BCUT2D eigenvalue weighted by molar-refractivity contribution is 7.80. The first-order valence-corrected chi connectivity index (χ1v) is 8.98. The molecule has 2 aliphatic rings. The van der Waals surface area contributed by atoms with Gasteiger partial charge in [0.1, 0.15) is 5.75 Å². The van der Waals surface area contributed by atoms with E-state index in [0.29, 0.717) is 0 Å². The van der Waals surface area contributed by atoms with Gasteiger partial charge in [-0.25, -0.2) is 0 Å². The van der Waals surface area contributed by atoms with E-state index in [0.717, 1.165) is 54.2 Å². The summed E-state index contributed by atoms with van der Waals surface area (Å²) in [5.41, 5.74) is 2.12. The molecular weight excluding hydrogens is 350 g/mol. The van der Waals surface area contributed by atoms with Crippen LogP contribution in [0, 0.1) is 0 Å². The molecule has 1 N–H and O–H groups in total. The third-order valence-corrected chi connectivity index (χ3v) is 4.99. The number of benzene rings is 2. The average molecular weight is 371 g/mol. The Balaban J connectivity index is 1.33. The number of fused-ring (bicyclic) bond motifs is 1. The SMILES string of the molecule is COc1ccc(N2CCN(C(=S)Nc3ccc4c(c3)OCO4)CC2)cc1. The van der Waals surface area contributed by atoms with E-state index in [-0.39, 0.29) is 6.79 Å². The fraction of sp³-hybridized carbons (Fsp3) is 0.316. The molecule has 1 fully saturated rings. The predicted octanol–water partition coefficient (Wildman–Crippen LogP) is 2.94. The predicted molar refractivity (Wildman–Crippen MR) is 106 cm³/mol. The lowest BCUT2D eigenvalue weighted by Gasteiger charge is -2.37. The smallest absolute Gasteiger partial charge is 0.231 e. The van der Waals surface area contributed by atoms with E-state index in [1.165, 1.54) is 5.69 Å². The van der Waals surface area contributed by atoms with Crippen LogP contribution < -0.4 is 24.4 Å². The van der Waals surface area contributed by atoms with Crippen molar-refractivity contribution >= 4 is 28.7 Å².